The molecule has 0 aromatic carbocycles. The van der Waals surface area contributed by atoms with Crippen LogP contribution in [0.1, 0.15) is 38.5 Å². The lowest BCUT2D eigenvalue weighted by molar-refractivity contribution is -0.125. The predicted octanol–water partition coefficient (Wildman–Crippen LogP) is 1.05. The van der Waals surface area contributed by atoms with Crippen LogP contribution < -0.4 is 10.6 Å². The average molecular weight is 220 g/mol. The van der Waals surface area contributed by atoms with Gasteiger partial charge in [-0.25, -0.2) is 0 Å². The SMILES string of the molecule is C#CCCCCNC(=O)C1CC2CCC1N2. The summed E-state index contributed by atoms with van der Waals surface area (Å²) in [6, 6.07) is 1.04. The minimum absolute atomic E-state index is 0.214. The van der Waals surface area contributed by atoms with Crippen LogP contribution in [0.15, 0.2) is 0 Å². The van der Waals surface area contributed by atoms with Crippen molar-refractivity contribution in [3.8, 4) is 12.3 Å². The molecule has 1 amide bonds. The van der Waals surface area contributed by atoms with Gasteiger partial charge in [-0.2, -0.15) is 0 Å². The Labute approximate surface area is 97.4 Å². The molecule has 2 heterocycles. The normalized spacial score (nSPS) is 31.3. The zero-order valence-electron chi connectivity index (χ0n) is 9.67. The molecular formula is C13H20N2O. The maximum Gasteiger partial charge on any atom is 0.224 e. The Bertz CT molecular complexity index is 295. The van der Waals surface area contributed by atoms with Gasteiger partial charge in [0.25, 0.3) is 0 Å². The second-order valence-corrected chi connectivity index (χ2v) is 4.84. The van der Waals surface area contributed by atoms with Gasteiger partial charge in [0.05, 0.1) is 5.92 Å². The maximum atomic E-state index is 11.9. The largest absolute Gasteiger partial charge is 0.356 e. The molecule has 2 aliphatic heterocycles. The fourth-order valence-electron chi connectivity index (χ4n) is 2.81. The number of amides is 1. The van der Waals surface area contributed by atoms with Crippen molar-refractivity contribution in [3.05, 3.63) is 0 Å². The molecule has 0 aromatic rings. The highest BCUT2D eigenvalue weighted by atomic mass is 16.1. The zero-order valence-corrected chi connectivity index (χ0v) is 9.67. The van der Waals surface area contributed by atoms with Crippen LogP contribution >= 0.6 is 0 Å². The maximum absolute atomic E-state index is 11.9. The molecule has 2 saturated heterocycles. The lowest BCUT2D eigenvalue weighted by Gasteiger charge is -2.19. The highest BCUT2D eigenvalue weighted by Crippen LogP contribution is 2.33. The molecule has 3 unspecified atom stereocenters. The Morgan fingerprint density at radius 2 is 2.31 bits per heavy atom. The fraction of sp³-hybridized carbons (Fsp3) is 0.769. The number of unbranched alkanes of at least 4 members (excludes halogenated alkanes) is 2. The summed E-state index contributed by atoms with van der Waals surface area (Å²) in [7, 11) is 0. The third kappa shape index (κ3) is 2.56. The van der Waals surface area contributed by atoms with Crippen LogP contribution in [0.2, 0.25) is 0 Å². The third-order valence-electron chi connectivity index (χ3n) is 3.68. The van der Waals surface area contributed by atoms with Crippen molar-refractivity contribution in [3.63, 3.8) is 0 Å². The third-order valence-corrected chi connectivity index (χ3v) is 3.68. The molecule has 0 saturated carbocycles. The molecular weight excluding hydrogens is 200 g/mol. The Hall–Kier alpha value is -1.01. The average Bonchev–Trinajstić information content (AvgIpc) is 2.90. The van der Waals surface area contributed by atoms with Gasteiger partial charge < -0.3 is 10.6 Å². The van der Waals surface area contributed by atoms with E-state index in [0.29, 0.717) is 12.1 Å². The molecule has 0 spiro atoms. The summed E-state index contributed by atoms with van der Waals surface area (Å²) in [5.74, 6) is 3.06. The first-order valence-corrected chi connectivity index (χ1v) is 6.28. The number of rotatable bonds is 5. The van der Waals surface area contributed by atoms with Crippen molar-refractivity contribution >= 4 is 5.91 Å². The summed E-state index contributed by atoms with van der Waals surface area (Å²) < 4.78 is 0. The Morgan fingerprint density at radius 1 is 1.44 bits per heavy atom. The molecule has 2 rings (SSSR count). The molecule has 0 aromatic heterocycles. The van der Waals surface area contributed by atoms with Crippen LogP contribution in [0.5, 0.6) is 0 Å². The number of carbonyl (C=O) groups excluding carboxylic acids is 1. The van der Waals surface area contributed by atoms with E-state index in [1.807, 2.05) is 0 Å². The molecule has 0 aliphatic carbocycles. The monoisotopic (exact) mass is 220 g/mol. The highest BCUT2D eigenvalue weighted by Gasteiger charge is 2.42. The number of hydrogen-bond donors (Lipinski definition) is 2. The standard InChI is InChI=1S/C13H20N2O/c1-2-3-4-5-8-14-13(16)11-9-10-6-7-12(11)15-10/h1,10-12,15H,3-9H2,(H,14,16). The van der Waals surface area contributed by atoms with Crippen LogP contribution in [-0.2, 0) is 4.79 Å². The topological polar surface area (TPSA) is 41.1 Å². The molecule has 0 radical (unpaired) electrons. The van der Waals surface area contributed by atoms with Gasteiger partial charge >= 0.3 is 0 Å². The summed E-state index contributed by atoms with van der Waals surface area (Å²) in [5.41, 5.74) is 0. The van der Waals surface area contributed by atoms with Crippen LogP contribution in [0.25, 0.3) is 0 Å². The molecule has 16 heavy (non-hydrogen) atoms. The second kappa shape index (κ2) is 5.36. The number of nitrogens with one attached hydrogen (secondary N) is 2. The van der Waals surface area contributed by atoms with Gasteiger partial charge in [0, 0.05) is 25.0 Å². The number of fused-ring (bicyclic) bond motifs is 2. The van der Waals surface area contributed by atoms with Crippen molar-refractivity contribution in [1.29, 1.82) is 0 Å². The zero-order chi connectivity index (χ0) is 11.4. The molecule has 3 nitrogen and oxygen atoms in total. The smallest absolute Gasteiger partial charge is 0.224 e. The van der Waals surface area contributed by atoms with E-state index in [1.165, 1.54) is 12.8 Å². The fourth-order valence-corrected chi connectivity index (χ4v) is 2.81. The van der Waals surface area contributed by atoms with Gasteiger partial charge in [0.2, 0.25) is 5.91 Å². The quantitative estimate of drug-likeness (QED) is 0.537. The minimum Gasteiger partial charge on any atom is -0.356 e. The van der Waals surface area contributed by atoms with E-state index in [4.69, 9.17) is 6.42 Å². The Balaban J connectivity index is 1.63. The minimum atomic E-state index is 0.214. The van der Waals surface area contributed by atoms with Gasteiger partial charge in [-0.05, 0) is 32.1 Å². The first-order chi connectivity index (χ1) is 7.81. The molecule has 2 N–H and O–H groups in total. The first-order valence-electron chi connectivity index (χ1n) is 6.28. The van der Waals surface area contributed by atoms with Crippen LogP contribution in [0.4, 0.5) is 0 Å². The first kappa shape index (κ1) is 11.5. The lowest BCUT2D eigenvalue weighted by Crippen LogP contribution is -2.37. The van der Waals surface area contributed by atoms with E-state index in [9.17, 15) is 4.79 Å². The van der Waals surface area contributed by atoms with Crippen molar-refractivity contribution in [2.24, 2.45) is 5.92 Å². The second-order valence-electron chi connectivity index (χ2n) is 4.84. The van der Waals surface area contributed by atoms with Crippen LogP contribution in [0.3, 0.4) is 0 Å². The van der Waals surface area contributed by atoms with Crippen molar-refractivity contribution in [2.45, 2.75) is 50.6 Å². The predicted molar refractivity (Wildman–Crippen MR) is 63.7 cm³/mol. The molecule has 2 aliphatic rings. The van der Waals surface area contributed by atoms with Crippen LogP contribution in [0, 0.1) is 18.3 Å². The summed E-state index contributed by atoms with van der Waals surface area (Å²) in [5, 5.41) is 6.50. The van der Waals surface area contributed by atoms with Crippen molar-refractivity contribution in [2.75, 3.05) is 6.54 Å². The lowest BCUT2D eigenvalue weighted by atomic mass is 9.88. The van der Waals surface area contributed by atoms with E-state index in [-0.39, 0.29) is 11.8 Å². The van der Waals surface area contributed by atoms with E-state index >= 15 is 0 Å². The number of terminal acetylenes is 1. The van der Waals surface area contributed by atoms with Gasteiger partial charge in [0.15, 0.2) is 0 Å². The van der Waals surface area contributed by atoms with Gasteiger partial charge in [-0.3, -0.25) is 4.79 Å². The van der Waals surface area contributed by atoms with E-state index < -0.39 is 0 Å². The van der Waals surface area contributed by atoms with Gasteiger partial charge in [-0.1, -0.05) is 0 Å². The Morgan fingerprint density at radius 3 is 2.94 bits per heavy atom. The summed E-state index contributed by atoms with van der Waals surface area (Å²) in [4.78, 5) is 11.9. The molecule has 3 atom stereocenters. The molecule has 2 bridgehead atoms. The van der Waals surface area contributed by atoms with Crippen molar-refractivity contribution < 1.29 is 4.79 Å². The van der Waals surface area contributed by atoms with Gasteiger partial charge in [0.1, 0.15) is 0 Å². The summed E-state index contributed by atoms with van der Waals surface area (Å²) >= 11 is 0. The summed E-state index contributed by atoms with van der Waals surface area (Å²) in [6.07, 6.45) is 11.4. The van der Waals surface area contributed by atoms with E-state index in [2.05, 4.69) is 16.6 Å². The summed E-state index contributed by atoms with van der Waals surface area (Å²) in [6.45, 7) is 0.772. The Kier molecular flexibility index (Phi) is 3.84. The molecule has 88 valence electrons. The van der Waals surface area contributed by atoms with E-state index in [1.54, 1.807) is 0 Å². The van der Waals surface area contributed by atoms with E-state index in [0.717, 1.165) is 32.2 Å². The van der Waals surface area contributed by atoms with Crippen LogP contribution in [-0.4, -0.2) is 24.5 Å². The molecule has 2 fully saturated rings. The van der Waals surface area contributed by atoms with Crippen molar-refractivity contribution in [1.82, 2.24) is 10.6 Å². The van der Waals surface area contributed by atoms with Gasteiger partial charge in [-0.15, -0.1) is 12.3 Å². The molecule has 3 heteroatoms. The number of carbonyl (C=O) groups is 1. The highest BCUT2D eigenvalue weighted by molar-refractivity contribution is 5.80. The number of hydrogen-bond acceptors (Lipinski definition) is 2.